The molecule has 11 rings (SSSR count). The fourth-order valence-corrected chi connectivity index (χ4v) is 9.48. The molecule has 1 aliphatic rings. The van der Waals surface area contributed by atoms with Gasteiger partial charge in [0.05, 0.1) is 5.69 Å². The summed E-state index contributed by atoms with van der Waals surface area (Å²) in [7, 11) is 0. The lowest BCUT2D eigenvalue weighted by molar-refractivity contribution is 0.660. The fraction of sp³-hybridized carbons (Fsp3) is 0.0526. The maximum absolute atomic E-state index is 6.48. The number of benzene rings is 9. The second kappa shape index (κ2) is 13.9. The lowest BCUT2D eigenvalue weighted by atomic mass is 9.82. The van der Waals surface area contributed by atoms with Gasteiger partial charge < -0.3 is 9.32 Å². The molecule has 0 bridgehead atoms. The van der Waals surface area contributed by atoms with Crippen molar-refractivity contribution in [3.63, 3.8) is 0 Å². The summed E-state index contributed by atoms with van der Waals surface area (Å²) < 4.78 is 6.48. The highest BCUT2D eigenvalue weighted by molar-refractivity contribution is 6.09. The van der Waals surface area contributed by atoms with Crippen LogP contribution in [0.4, 0.5) is 17.1 Å². The van der Waals surface area contributed by atoms with Crippen molar-refractivity contribution in [2.75, 3.05) is 4.90 Å². The van der Waals surface area contributed by atoms with Gasteiger partial charge in [-0.1, -0.05) is 190 Å². The van der Waals surface area contributed by atoms with E-state index in [4.69, 9.17) is 4.42 Å². The Labute approximate surface area is 345 Å². The van der Waals surface area contributed by atoms with Crippen molar-refractivity contribution in [3.8, 4) is 55.6 Å². The van der Waals surface area contributed by atoms with Crippen molar-refractivity contribution in [2.24, 2.45) is 0 Å². The molecule has 1 aromatic heterocycles. The van der Waals surface area contributed by atoms with E-state index in [1.54, 1.807) is 0 Å². The molecule has 9 aromatic carbocycles. The van der Waals surface area contributed by atoms with Crippen molar-refractivity contribution in [3.05, 3.63) is 223 Å². The van der Waals surface area contributed by atoms with E-state index in [2.05, 4.69) is 219 Å². The molecular formula is C57H41NO. The molecule has 0 unspecified atom stereocenters. The van der Waals surface area contributed by atoms with Crippen LogP contribution in [-0.4, -0.2) is 0 Å². The Kier molecular flexibility index (Phi) is 8.20. The van der Waals surface area contributed by atoms with E-state index >= 15 is 0 Å². The molecule has 10 aromatic rings. The fourth-order valence-electron chi connectivity index (χ4n) is 9.48. The Hall–Kier alpha value is -7.42. The predicted molar refractivity (Wildman–Crippen MR) is 248 cm³/mol. The second-order valence-electron chi connectivity index (χ2n) is 16.0. The van der Waals surface area contributed by atoms with E-state index < -0.39 is 0 Å². The average molecular weight is 756 g/mol. The van der Waals surface area contributed by atoms with Crippen LogP contribution in [-0.2, 0) is 5.41 Å². The van der Waals surface area contributed by atoms with E-state index in [9.17, 15) is 0 Å². The topological polar surface area (TPSA) is 16.4 Å². The third-order valence-corrected chi connectivity index (χ3v) is 12.3. The van der Waals surface area contributed by atoms with Gasteiger partial charge >= 0.3 is 0 Å². The summed E-state index contributed by atoms with van der Waals surface area (Å²) in [5.41, 5.74) is 19.7. The summed E-state index contributed by atoms with van der Waals surface area (Å²) >= 11 is 0. The number of hydrogen-bond acceptors (Lipinski definition) is 2. The molecule has 2 heteroatoms. The molecule has 280 valence electrons. The molecule has 0 N–H and O–H groups in total. The molecule has 0 aliphatic heterocycles. The van der Waals surface area contributed by atoms with Gasteiger partial charge in [0, 0.05) is 38.7 Å². The van der Waals surface area contributed by atoms with E-state index in [1.807, 2.05) is 12.1 Å². The summed E-state index contributed by atoms with van der Waals surface area (Å²) in [6.45, 7) is 4.69. The number of para-hydroxylation sites is 3. The molecule has 0 atom stereocenters. The molecule has 1 aliphatic carbocycles. The van der Waals surface area contributed by atoms with Crippen LogP contribution in [0.2, 0.25) is 0 Å². The van der Waals surface area contributed by atoms with Gasteiger partial charge in [0.2, 0.25) is 0 Å². The number of anilines is 3. The molecule has 59 heavy (non-hydrogen) atoms. The zero-order chi connectivity index (χ0) is 39.5. The molecule has 0 saturated heterocycles. The van der Waals surface area contributed by atoms with Crippen LogP contribution in [0.15, 0.2) is 217 Å². The van der Waals surface area contributed by atoms with Crippen LogP contribution in [0.5, 0.6) is 0 Å². The van der Waals surface area contributed by atoms with Crippen LogP contribution in [0.3, 0.4) is 0 Å². The van der Waals surface area contributed by atoms with Crippen molar-refractivity contribution < 1.29 is 4.42 Å². The van der Waals surface area contributed by atoms with Gasteiger partial charge in [0.1, 0.15) is 11.2 Å². The van der Waals surface area contributed by atoms with Gasteiger partial charge in [0.15, 0.2) is 0 Å². The summed E-state index contributed by atoms with van der Waals surface area (Å²) in [6, 6.07) is 76.9. The molecular weight excluding hydrogens is 715 g/mol. The van der Waals surface area contributed by atoms with Gasteiger partial charge in [-0.2, -0.15) is 0 Å². The van der Waals surface area contributed by atoms with Gasteiger partial charge in [0.25, 0.3) is 0 Å². The highest BCUT2D eigenvalue weighted by Crippen LogP contribution is 2.52. The minimum atomic E-state index is -0.0857. The Morgan fingerprint density at radius 1 is 0.356 bits per heavy atom. The molecule has 1 heterocycles. The highest BCUT2D eigenvalue weighted by atomic mass is 16.3. The Morgan fingerprint density at radius 2 is 0.881 bits per heavy atom. The third-order valence-electron chi connectivity index (χ3n) is 12.3. The second-order valence-corrected chi connectivity index (χ2v) is 16.0. The van der Waals surface area contributed by atoms with Crippen LogP contribution in [0.1, 0.15) is 25.0 Å². The molecule has 0 spiro atoms. The molecule has 0 amide bonds. The summed E-state index contributed by atoms with van der Waals surface area (Å²) in [4.78, 5) is 2.44. The lowest BCUT2D eigenvalue weighted by Gasteiger charge is -2.29. The van der Waals surface area contributed by atoms with Gasteiger partial charge in [-0.25, -0.2) is 0 Å². The van der Waals surface area contributed by atoms with Gasteiger partial charge in [-0.3, -0.25) is 0 Å². The maximum atomic E-state index is 6.48. The molecule has 0 radical (unpaired) electrons. The minimum absolute atomic E-state index is 0.0857. The van der Waals surface area contributed by atoms with E-state index in [-0.39, 0.29) is 5.41 Å². The van der Waals surface area contributed by atoms with E-state index in [1.165, 1.54) is 50.1 Å². The maximum Gasteiger partial charge on any atom is 0.143 e. The quantitative estimate of drug-likeness (QED) is 0.161. The first kappa shape index (κ1) is 34.8. The smallest absolute Gasteiger partial charge is 0.143 e. The number of nitrogens with zero attached hydrogens (tertiary/aromatic N) is 1. The first-order valence-electron chi connectivity index (χ1n) is 20.4. The van der Waals surface area contributed by atoms with E-state index in [0.717, 1.165) is 55.7 Å². The standard InChI is InChI=1S/C57H41NO/c1-57(2)52-28-13-10-23-47(52)51-37-41(35-36-53(51)57)58(40-33-31-39(32-34-40)43-26-16-27-50-49-25-12-15-30-55(49)59-56(43)50)54-29-14-11-24-48(54)46-22-9-8-21-45(46)44-20-7-6-19-42(44)38-17-4-3-5-18-38/h3-37H,1-2H3. The average Bonchev–Trinajstić information content (AvgIpc) is 3.79. The minimum Gasteiger partial charge on any atom is -0.455 e. The number of hydrogen-bond donors (Lipinski definition) is 0. The van der Waals surface area contributed by atoms with Crippen molar-refractivity contribution in [1.82, 2.24) is 0 Å². The predicted octanol–water partition coefficient (Wildman–Crippen LogP) is 16.0. The summed E-state index contributed by atoms with van der Waals surface area (Å²) in [6.07, 6.45) is 0. The first-order valence-corrected chi connectivity index (χ1v) is 20.4. The molecule has 0 fully saturated rings. The largest absolute Gasteiger partial charge is 0.455 e. The molecule has 0 saturated carbocycles. The zero-order valence-electron chi connectivity index (χ0n) is 33.1. The van der Waals surface area contributed by atoms with E-state index in [0.29, 0.717) is 0 Å². The van der Waals surface area contributed by atoms with Crippen molar-refractivity contribution >= 4 is 39.0 Å². The van der Waals surface area contributed by atoms with Crippen LogP contribution in [0.25, 0.3) is 77.6 Å². The SMILES string of the molecule is CC1(C)c2ccccc2-c2cc(N(c3ccc(-c4cccc5c4oc4ccccc45)cc3)c3ccccc3-c3ccccc3-c3ccccc3-c3ccccc3)ccc21. The lowest BCUT2D eigenvalue weighted by Crippen LogP contribution is -2.15. The van der Waals surface area contributed by atoms with Gasteiger partial charge in [-0.15, -0.1) is 0 Å². The first-order chi connectivity index (χ1) is 29.0. The highest BCUT2D eigenvalue weighted by Gasteiger charge is 2.35. The molecule has 2 nitrogen and oxygen atoms in total. The number of furan rings is 1. The Balaban J connectivity index is 1.10. The zero-order valence-corrected chi connectivity index (χ0v) is 33.1. The number of rotatable bonds is 7. The summed E-state index contributed by atoms with van der Waals surface area (Å²) in [5, 5.41) is 2.27. The van der Waals surface area contributed by atoms with Crippen molar-refractivity contribution in [2.45, 2.75) is 19.3 Å². The third kappa shape index (κ3) is 5.71. The summed E-state index contributed by atoms with van der Waals surface area (Å²) in [5.74, 6) is 0. The van der Waals surface area contributed by atoms with Crippen molar-refractivity contribution in [1.29, 1.82) is 0 Å². The monoisotopic (exact) mass is 755 g/mol. The number of fused-ring (bicyclic) bond motifs is 6. The van der Waals surface area contributed by atoms with Crippen LogP contribution in [0, 0.1) is 0 Å². The van der Waals surface area contributed by atoms with Crippen LogP contribution < -0.4 is 4.90 Å². The Morgan fingerprint density at radius 3 is 1.66 bits per heavy atom. The Bertz CT molecular complexity index is 3190. The normalized spacial score (nSPS) is 12.7. The van der Waals surface area contributed by atoms with Crippen LogP contribution >= 0.6 is 0 Å². The van der Waals surface area contributed by atoms with Gasteiger partial charge in [-0.05, 0) is 92.0 Å².